The number of hydrogen-bond donors (Lipinski definition) is 1. The molecule has 2 aromatic heterocycles. The summed E-state index contributed by atoms with van der Waals surface area (Å²) >= 11 is 0. The molecule has 10 rings (SSSR count). The van der Waals surface area contributed by atoms with Crippen molar-refractivity contribution in [3.63, 3.8) is 0 Å². The summed E-state index contributed by atoms with van der Waals surface area (Å²) in [5.41, 5.74) is 14.8. The Morgan fingerprint density at radius 1 is 1.01 bits per heavy atom. The molecule has 0 spiro atoms. The van der Waals surface area contributed by atoms with Crippen LogP contribution in [0.15, 0.2) is 102 Å². The number of carbonyl (C=O) groups excluding carboxylic acids is 2. The lowest BCUT2D eigenvalue weighted by atomic mass is 9.74. The molecule has 3 saturated heterocycles. The number of benzene rings is 2. The average Bonchev–Trinajstić information content (AvgIpc) is 3.65. The van der Waals surface area contributed by atoms with Crippen molar-refractivity contribution in [2.75, 3.05) is 74.6 Å². The minimum absolute atomic E-state index is 0.000476. The lowest BCUT2D eigenvalue weighted by Gasteiger charge is -2.46. The third-order valence-electron chi connectivity index (χ3n) is 15.4. The minimum atomic E-state index is -0.362. The van der Waals surface area contributed by atoms with Gasteiger partial charge in [0.15, 0.2) is 5.88 Å². The van der Waals surface area contributed by atoms with Crippen LogP contribution in [0.3, 0.4) is 0 Å². The quantitative estimate of drug-likeness (QED) is 0.123. The van der Waals surface area contributed by atoms with E-state index in [1.165, 1.54) is 22.2 Å². The number of carbonyl (C=O) groups is 2. The number of likely N-dealkylation sites (N-methyl/N-ethyl adjacent to an activating group) is 1. The van der Waals surface area contributed by atoms with Crippen LogP contribution in [0, 0.1) is 6.92 Å². The number of aromatic nitrogens is 3. The van der Waals surface area contributed by atoms with Gasteiger partial charge in [-0.05, 0) is 114 Å². The van der Waals surface area contributed by atoms with Crippen LogP contribution in [0.2, 0.25) is 0 Å². The molecule has 2 amide bonds. The van der Waals surface area contributed by atoms with E-state index in [-0.39, 0.29) is 28.9 Å². The fraction of sp³-hybridized carbons (Fsp3) is 0.482. The van der Waals surface area contributed by atoms with Gasteiger partial charge < -0.3 is 34.4 Å². The van der Waals surface area contributed by atoms with E-state index in [4.69, 9.17) is 19.6 Å². The fourth-order valence-electron chi connectivity index (χ4n) is 11.8. The smallest absolute Gasteiger partial charge is 0.238 e. The number of hydrogen-bond acceptors (Lipinski definition) is 10. The van der Waals surface area contributed by atoms with E-state index < -0.39 is 0 Å². The summed E-state index contributed by atoms with van der Waals surface area (Å²) in [6.45, 7) is 24.9. The number of piperazine rings is 1. The highest BCUT2D eigenvalue weighted by Crippen LogP contribution is 2.46. The first-order valence-electron chi connectivity index (χ1n) is 25.0. The summed E-state index contributed by atoms with van der Waals surface area (Å²) in [4.78, 5) is 41.8. The molecular weight excluding hydrogens is 863 g/mol. The Balaban J connectivity index is 0.718. The van der Waals surface area contributed by atoms with Gasteiger partial charge in [-0.1, -0.05) is 49.1 Å². The molecule has 2 unspecified atom stereocenters. The van der Waals surface area contributed by atoms with Gasteiger partial charge in [-0.15, -0.1) is 5.73 Å². The molecule has 4 aromatic rings. The Bertz CT molecular complexity index is 2800. The molecule has 362 valence electrons. The van der Waals surface area contributed by atoms with Crippen molar-refractivity contribution < 1.29 is 19.1 Å². The number of pyridine rings is 1. The highest BCUT2D eigenvalue weighted by molar-refractivity contribution is 5.88. The number of aryl methyl sites for hydroxylation is 1. The molecule has 13 heteroatoms. The molecule has 4 fully saturated rings. The first-order chi connectivity index (χ1) is 33.1. The predicted molar refractivity (Wildman–Crippen MR) is 274 cm³/mol. The van der Waals surface area contributed by atoms with Gasteiger partial charge >= 0.3 is 0 Å². The van der Waals surface area contributed by atoms with Crippen LogP contribution in [-0.4, -0.2) is 118 Å². The SMILES string of the molecule is C=C=C1C(c2nn(C)c3c(C4CC(N5CCN(C(=O)Cc6ccc(NC7(C)C=C8CN(c9cnc%10c(c9C)N(C(=C)OC(C)(C)C)CCO%10)CCC8=CC7)cc6)CC5)C4)cccc23)CCC(=O)N1C. The van der Waals surface area contributed by atoms with Crippen molar-refractivity contribution in [2.24, 2.45) is 7.05 Å². The summed E-state index contributed by atoms with van der Waals surface area (Å²) < 4.78 is 14.3. The van der Waals surface area contributed by atoms with Crippen molar-refractivity contribution in [3.8, 4) is 5.88 Å². The van der Waals surface area contributed by atoms with Crippen LogP contribution >= 0.6 is 0 Å². The second-order valence-corrected chi connectivity index (χ2v) is 21.3. The third kappa shape index (κ3) is 9.07. The molecule has 1 N–H and O–H groups in total. The van der Waals surface area contributed by atoms with Crippen molar-refractivity contribution in [2.45, 2.75) is 109 Å². The van der Waals surface area contributed by atoms with E-state index in [1.54, 1.807) is 4.90 Å². The van der Waals surface area contributed by atoms with Crippen molar-refractivity contribution in [1.29, 1.82) is 0 Å². The standard InChI is InChI=1S/C56H69N9O4/c1-10-47-45(18-19-49(66)60(47)8)51-46-13-11-12-44(53(46)61(9)59-51)40-31-43(32-40)62-24-26-63(27-25-62)50(67)30-38-14-16-42(17-15-38)58-56(7)22-20-39-21-23-64(35-41(39)33-56)48-34-57-54-52(36(48)2)65(28-29-68-54)37(3)69-55(4,5)6/h11-17,20,33-34,40,43,45,58H,1,3,18-19,21-32,35H2,2,4-9H3. The van der Waals surface area contributed by atoms with Gasteiger partial charge in [0.25, 0.3) is 0 Å². The number of ether oxygens (including phenoxy) is 2. The zero-order valence-corrected chi connectivity index (χ0v) is 41.7. The maximum absolute atomic E-state index is 13.6. The second-order valence-electron chi connectivity index (χ2n) is 21.3. The number of anilines is 3. The van der Waals surface area contributed by atoms with E-state index >= 15 is 0 Å². The number of allylic oxidation sites excluding steroid dienone is 1. The topological polar surface area (TPSA) is 112 Å². The number of para-hydroxylation sites is 1. The molecule has 13 nitrogen and oxygen atoms in total. The molecular formula is C56H69N9O4. The highest BCUT2D eigenvalue weighted by Gasteiger charge is 2.39. The van der Waals surface area contributed by atoms with E-state index in [1.807, 2.05) is 45.7 Å². The van der Waals surface area contributed by atoms with Gasteiger partial charge in [-0.2, -0.15) is 5.10 Å². The first-order valence-corrected chi connectivity index (χ1v) is 25.0. The molecule has 2 atom stereocenters. The minimum Gasteiger partial charge on any atom is -0.474 e. The third-order valence-corrected chi connectivity index (χ3v) is 15.4. The Kier molecular flexibility index (Phi) is 12.3. The van der Waals surface area contributed by atoms with E-state index in [0.29, 0.717) is 49.7 Å². The monoisotopic (exact) mass is 932 g/mol. The van der Waals surface area contributed by atoms with Crippen molar-refractivity contribution in [1.82, 2.24) is 29.5 Å². The van der Waals surface area contributed by atoms with E-state index in [0.717, 1.165) is 116 Å². The zero-order chi connectivity index (χ0) is 48.4. The molecule has 0 radical (unpaired) electrons. The molecule has 6 aliphatic rings. The summed E-state index contributed by atoms with van der Waals surface area (Å²) in [6, 6.07) is 15.6. The van der Waals surface area contributed by atoms with Gasteiger partial charge in [-0.3, -0.25) is 19.2 Å². The first kappa shape index (κ1) is 46.4. The van der Waals surface area contributed by atoms with Crippen molar-refractivity contribution in [3.05, 3.63) is 125 Å². The Hall–Kier alpha value is -6.30. The Morgan fingerprint density at radius 2 is 1.78 bits per heavy atom. The van der Waals surface area contributed by atoms with Crippen LogP contribution in [0.25, 0.3) is 10.9 Å². The summed E-state index contributed by atoms with van der Waals surface area (Å²) in [5, 5.41) is 10.0. The van der Waals surface area contributed by atoms with E-state index in [9.17, 15) is 9.59 Å². The lowest BCUT2D eigenvalue weighted by Crippen LogP contribution is -2.55. The lowest BCUT2D eigenvalue weighted by molar-refractivity contribution is -0.133. The van der Waals surface area contributed by atoms with Gasteiger partial charge in [0.05, 0.1) is 53.2 Å². The molecule has 2 aromatic carbocycles. The number of rotatable bonds is 10. The number of likely N-dealkylation sites (tertiary alicyclic amines) is 1. The maximum atomic E-state index is 13.6. The fourth-order valence-corrected chi connectivity index (χ4v) is 11.8. The van der Waals surface area contributed by atoms with Gasteiger partial charge in [0.2, 0.25) is 17.7 Å². The number of fused-ring (bicyclic) bond motifs is 3. The summed E-state index contributed by atoms with van der Waals surface area (Å²) in [5.74, 6) is 1.99. The van der Waals surface area contributed by atoms with Gasteiger partial charge in [-0.25, -0.2) is 4.98 Å². The van der Waals surface area contributed by atoms with Crippen LogP contribution < -0.4 is 19.9 Å². The average molecular weight is 932 g/mol. The molecule has 6 heterocycles. The molecule has 2 aliphatic carbocycles. The number of piperidine rings is 2. The maximum Gasteiger partial charge on any atom is 0.238 e. The largest absolute Gasteiger partial charge is 0.474 e. The molecule has 0 bridgehead atoms. The van der Waals surface area contributed by atoms with E-state index in [2.05, 4.69) is 112 Å². The normalized spacial score (nSPS) is 24.1. The zero-order valence-electron chi connectivity index (χ0n) is 41.7. The van der Waals surface area contributed by atoms with Gasteiger partial charge in [0, 0.05) is 82.5 Å². The second kappa shape index (κ2) is 18.2. The number of nitrogens with zero attached hydrogens (tertiary/aromatic N) is 8. The van der Waals surface area contributed by atoms with Gasteiger partial charge in [0.1, 0.15) is 17.9 Å². The van der Waals surface area contributed by atoms with Crippen molar-refractivity contribution >= 4 is 39.8 Å². The summed E-state index contributed by atoms with van der Waals surface area (Å²) in [7, 11) is 3.85. The summed E-state index contributed by atoms with van der Waals surface area (Å²) in [6.07, 6.45) is 12.5. The van der Waals surface area contributed by atoms with Crippen LogP contribution in [0.4, 0.5) is 17.1 Å². The number of nitrogens with one attached hydrogen (secondary N) is 1. The Morgan fingerprint density at radius 3 is 2.52 bits per heavy atom. The molecule has 4 aliphatic heterocycles. The van der Waals surface area contributed by atoms with Crippen LogP contribution in [0.5, 0.6) is 5.88 Å². The number of amides is 2. The van der Waals surface area contributed by atoms with Crippen LogP contribution in [-0.2, 0) is 27.8 Å². The molecule has 69 heavy (non-hydrogen) atoms. The van der Waals surface area contributed by atoms with Crippen LogP contribution in [0.1, 0.15) is 100 Å². The molecule has 1 saturated carbocycles. The predicted octanol–water partition coefficient (Wildman–Crippen LogP) is 8.74. The Labute approximate surface area is 407 Å². The highest BCUT2D eigenvalue weighted by atomic mass is 16.5.